The van der Waals surface area contributed by atoms with Crippen molar-refractivity contribution in [3.05, 3.63) is 35.4 Å². The largest absolute Gasteiger partial charge is 0.352 e. The van der Waals surface area contributed by atoms with Gasteiger partial charge in [0, 0.05) is 44.8 Å². The Balaban J connectivity index is 1.86. The van der Waals surface area contributed by atoms with Crippen LogP contribution in [-0.4, -0.2) is 62.0 Å². The van der Waals surface area contributed by atoms with Crippen molar-refractivity contribution in [3.63, 3.8) is 0 Å². The Morgan fingerprint density at radius 3 is 2.25 bits per heavy atom. The normalized spacial score (nSPS) is 16.9. The molecule has 6 nitrogen and oxygen atoms in total. The van der Waals surface area contributed by atoms with Crippen molar-refractivity contribution in [2.45, 2.75) is 26.8 Å². The van der Waals surface area contributed by atoms with E-state index in [4.69, 9.17) is 0 Å². The van der Waals surface area contributed by atoms with E-state index in [0.717, 1.165) is 31.6 Å². The summed E-state index contributed by atoms with van der Waals surface area (Å²) >= 11 is 0. The van der Waals surface area contributed by atoms with E-state index in [-0.39, 0.29) is 11.7 Å². The zero-order valence-corrected chi connectivity index (χ0v) is 15.3. The van der Waals surface area contributed by atoms with Crippen molar-refractivity contribution in [1.82, 2.24) is 14.5 Å². The Labute approximate surface area is 144 Å². The fourth-order valence-corrected chi connectivity index (χ4v) is 3.79. The van der Waals surface area contributed by atoms with Crippen LogP contribution in [0, 0.1) is 0 Å². The molecule has 0 bridgehead atoms. The van der Waals surface area contributed by atoms with Gasteiger partial charge in [-0.15, -0.1) is 0 Å². The second-order valence-corrected chi connectivity index (χ2v) is 8.29. The van der Waals surface area contributed by atoms with Gasteiger partial charge in [0.05, 0.1) is 5.75 Å². The molecule has 24 heavy (non-hydrogen) atoms. The van der Waals surface area contributed by atoms with Crippen LogP contribution in [0.4, 0.5) is 0 Å². The van der Waals surface area contributed by atoms with Gasteiger partial charge in [0.1, 0.15) is 0 Å². The van der Waals surface area contributed by atoms with Crippen LogP contribution < -0.4 is 5.32 Å². The van der Waals surface area contributed by atoms with Crippen LogP contribution in [-0.2, 0) is 16.6 Å². The summed E-state index contributed by atoms with van der Waals surface area (Å²) in [7, 11) is -3.08. The Morgan fingerprint density at radius 2 is 1.71 bits per heavy atom. The molecule has 0 unspecified atom stereocenters. The maximum Gasteiger partial charge on any atom is 0.251 e. The predicted molar refractivity (Wildman–Crippen MR) is 95.4 cm³/mol. The monoisotopic (exact) mass is 353 g/mol. The molecular formula is C17H27N3O3S. The molecule has 1 saturated heterocycles. The van der Waals surface area contributed by atoms with Crippen molar-refractivity contribution >= 4 is 15.9 Å². The Morgan fingerprint density at radius 1 is 1.08 bits per heavy atom. The minimum Gasteiger partial charge on any atom is -0.352 e. The number of piperazine rings is 1. The fourth-order valence-electron chi connectivity index (χ4n) is 2.71. The first-order valence-corrected chi connectivity index (χ1v) is 10.1. The highest BCUT2D eigenvalue weighted by atomic mass is 32.2. The minimum atomic E-state index is -3.08. The van der Waals surface area contributed by atoms with E-state index in [1.807, 2.05) is 31.2 Å². The number of benzene rings is 1. The van der Waals surface area contributed by atoms with E-state index in [1.165, 1.54) is 0 Å². The third kappa shape index (κ3) is 5.03. The van der Waals surface area contributed by atoms with Gasteiger partial charge in [0.15, 0.2) is 0 Å². The van der Waals surface area contributed by atoms with Crippen molar-refractivity contribution < 1.29 is 13.2 Å². The highest BCUT2D eigenvalue weighted by molar-refractivity contribution is 7.89. The molecule has 1 aromatic rings. The van der Waals surface area contributed by atoms with Crippen molar-refractivity contribution in [2.75, 3.05) is 38.5 Å². The van der Waals surface area contributed by atoms with Crippen LogP contribution in [0.1, 0.15) is 36.2 Å². The number of carbonyl (C=O) groups is 1. The second kappa shape index (κ2) is 8.60. The first-order chi connectivity index (χ1) is 11.5. The van der Waals surface area contributed by atoms with Gasteiger partial charge in [0.2, 0.25) is 10.0 Å². The molecule has 1 aliphatic rings. The van der Waals surface area contributed by atoms with Gasteiger partial charge in [0.25, 0.3) is 5.91 Å². The van der Waals surface area contributed by atoms with Gasteiger partial charge < -0.3 is 5.32 Å². The predicted octanol–water partition coefficient (Wildman–Crippen LogP) is 1.29. The van der Waals surface area contributed by atoms with Crippen LogP contribution >= 0.6 is 0 Å². The SMILES string of the molecule is CCCNC(=O)c1ccc(CN2CCN(S(=O)(=O)CC)CC2)cc1. The molecule has 0 aromatic heterocycles. The lowest BCUT2D eigenvalue weighted by Gasteiger charge is -2.33. The first-order valence-electron chi connectivity index (χ1n) is 8.53. The minimum absolute atomic E-state index is 0.0400. The summed E-state index contributed by atoms with van der Waals surface area (Å²) in [4.78, 5) is 14.1. The molecule has 0 aliphatic carbocycles. The molecule has 7 heteroatoms. The van der Waals surface area contributed by atoms with Crippen LogP contribution in [0.3, 0.4) is 0 Å². The number of amides is 1. The maximum absolute atomic E-state index is 11.9. The summed E-state index contributed by atoms with van der Waals surface area (Å²) in [6, 6.07) is 7.63. The summed E-state index contributed by atoms with van der Waals surface area (Å²) < 4.78 is 25.3. The number of nitrogens with one attached hydrogen (secondary N) is 1. The average molecular weight is 353 g/mol. The molecule has 0 saturated carbocycles. The zero-order valence-electron chi connectivity index (χ0n) is 14.5. The molecule has 1 aliphatic heterocycles. The van der Waals surface area contributed by atoms with E-state index in [2.05, 4.69) is 10.2 Å². The summed E-state index contributed by atoms with van der Waals surface area (Å²) in [6.45, 7) is 7.73. The van der Waals surface area contributed by atoms with Crippen molar-refractivity contribution in [1.29, 1.82) is 0 Å². The Bertz CT molecular complexity index is 636. The number of nitrogens with zero attached hydrogens (tertiary/aromatic N) is 2. The van der Waals surface area contributed by atoms with Crippen LogP contribution in [0.25, 0.3) is 0 Å². The van der Waals surface area contributed by atoms with Gasteiger partial charge >= 0.3 is 0 Å². The third-order valence-electron chi connectivity index (χ3n) is 4.25. The molecule has 1 amide bonds. The third-order valence-corrected chi connectivity index (χ3v) is 6.13. The summed E-state index contributed by atoms with van der Waals surface area (Å²) in [5.41, 5.74) is 1.81. The molecular weight excluding hydrogens is 326 g/mol. The molecule has 0 atom stereocenters. The van der Waals surface area contributed by atoms with Crippen LogP contribution in [0.2, 0.25) is 0 Å². The van der Waals surface area contributed by atoms with Crippen LogP contribution in [0.15, 0.2) is 24.3 Å². The zero-order chi connectivity index (χ0) is 17.6. The second-order valence-electron chi connectivity index (χ2n) is 6.03. The van der Waals surface area contributed by atoms with Gasteiger partial charge in [-0.05, 0) is 31.0 Å². The van der Waals surface area contributed by atoms with E-state index in [1.54, 1.807) is 11.2 Å². The number of hydrogen-bond acceptors (Lipinski definition) is 4. The van der Waals surface area contributed by atoms with Crippen molar-refractivity contribution in [2.24, 2.45) is 0 Å². The highest BCUT2D eigenvalue weighted by Crippen LogP contribution is 2.12. The van der Waals surface area contributed by atoms with E-state index >= 15 is 0 Å². The highest BCUT2D eigenvalue weighted by Gasteiger charge is 2.25. The van der Waals surface area contributed by atoms with Gasteiger partial charge in [-0.25, -0.2) is 8.42 Å². The lowest BCUT2D eigenvalue weighted by molar-refractivity contribution is 0.0953. The lowest BCUT2D eigenvalue weighted by atomic mass is 10.1. The summed E-state index contributed by atoms with van der Waals surface area (Å²) in [5, 5.41) is 2.86. The fraction of sp³-hybridized carbons (Fsp3) is 0.588. The maximum atomic E-state index is 11.9. The summed E-state index contributed by atoms with van der Waals surface area (Å²) in [6.07, 6.45) is 0.920. The van der Waals surface area contributed by atoms with Gasteiger partial charge in [-0.2, -0.15) is 4.31 Å². The van der Waals surface area contributed by atoms with Gasteiger partial charge in [-0.3, -0.25) is 9.69 Å². The molecule has 1 N–H and O–H groups in total. The molecule has 134 valence electrons. The number of hydrogen-bond donors (Lipinski definition) is 1. The first kappa shape index (κ1) is 18.9. The standard InChI is InChI=1S/C17H27N3O3S/c1-3-9-18-17(21)16-7-5-15(6-8-16)14-19-10-12-20(13-11-19)24(22,23)4-2/h5-8H,3-4,9-14H2,1-2H3,(H,18,21). The molecule has 0 spiro atoms. The smallest absolute Gasteiger partial charge is 0.251 e. The van der Waals surface area contributed by atoms with E-state index < -0.39 is 10.0 Å². The number of sulfonamides is 1. The quantitative estimate of drug-likeness (QED) is 0.802. The molecule has 1 aromatic carbocycles. The number of carbonyl (C=O) groups excluding carboxylic acids is 1. The molecule has 0 radical (unpaired) electrons. The topological polar surface area (TPSA) is 69.7 Å². The number of rotatable bonds is 7. The molecule has 1 fully saturated rings. The van der Waals surface area contributed by atoms with E-state index in [0.29, 0.717) is 25.2 Å². The summed E-state index contributed by atoms with van der Waals surface area (Å²) in [5.74, 6) is 0.121. The molecule has 1 heterocycles. The average Bonchev–Trinajstić information content (AvgIpc) is 2.60. The van der Waals surface area contributed by atoms with E-state index in [9.17, 15) is 13.2 Å². The Hall–Kier alpha value is -1.44. The van der Waals surface area contributed by atoms with Gasteiger partial charge in [-0.1, -0.05) is 19.1 Å². The molecule has 2 rings (SSSR count). The van der Waals surface area contributed by atoms with Crippen LogP contribution in [0.5, 0.6) is 0 Å². The Kier molecular flexibility index (Phi) is 6.77. The van der Waals surface area contributed by atoms with Crippen molar-refractivity contribution in [3.8, 4) is 0 Å². The lowest BCUT2D eigenvalue weighted by Crippen LogP contribution is -2.48.